The lowest BCUT2D eigenvalue weighted by Crippen LogP contribution is -2.20. The first-order valence-corrected chi connectivity index (χ1v) is 11.9. The van der Waals surface area contributed by atoms with Crippen LogP contribution in [0.15, 0.2) is 70.6 Å². The summed E-state index contributed by atoms with van der Waals surface area (Å²) >= 11 is 7.34. The molecule has 1 aliphatic heterocycles. The molecule has 10 heteroatoms. The third-order valence-corrected chi connectivity index (χ3v) is 6.42. The molecule has 0 spiro atoms. The second-order valence-corrected chi connectivity index (χ2v) is 9.03. The maximum Gasteiger partial charge on any atom is 0.264 e. The smallest absolute Gasteiger partial charge is 0.264 e. The molecule has 0 radical (unpaired) electrons. The standard InChI is InChI=1S/C26H21ClFN3O4S/c1-15-19(27)6-4-7-20(15)30-26-31-25(33)22(36-26)13-16-5-3-8-21(34-2)24(16)35-14-23(32)29-18-11-9-17(28)10-12-18/h3-13H,14H2,1-2H3,(H,29,32)(H,30,31,33)/b22-13+. The van der Waals surface area contributed by atoms with Crippen LogP contribution in [0, 0.1) is 12.7 Å². The van der Waals surface area contributed by atoms with Crippen molar-refractivity contribution >= 4 is 57.8 Å². The fourth-order valence-electron chi connectivity index (χ4n) is 3.28. The molecule has 0 saturated carbocycles. The molecule has 1 fully saturated rings. The van der Waals surface area contributed by atoms with E-state index in [1.807, 2.05) is 13.0 Å². The number of methoxy groups -OCH3 is 1. The lowest BCUT2D eigenvalue weighted by molar-refractivity contribution is -0.118. The van der Waals surface area contributed by atoms with E-state index in [2.05, 4.69) is 15.6 Å². The van der Waals surface area contributed by atoms with E-state index in [9.17, 15) is 14.0 Å². The molecule has 3 aromatic carbocycles. The molecule has 2 amide bonds. The number of rotatable bonds is 7. The first-order valence-electron chi connectivity index (χ1n) is 10.7. The van der Waals surface area contributed by atoms with Crippen LogP contribution in [0.25, 0.3) is 6.08 Å². The molecule has 3 aromatic rings. The predicted octanol–water partition coefficient (Wildman–Crippen LogP) is 5.71. The van der Waals surface area contributed by atoms with Crippen molar-refractivity contribution in [1.29, 1.82) is 0 Å². The monoisotopic (exact) mass is 525 g/mol. The highest BCUT2D eigenvalue weighted by Crippen LogP contribution is 2.36. The van der Waals surface area contributed by atoms with Crippen molar-refractivity contribution in [2.45, 2.75) is 6.92 Å². The van der Waals surface area contributed by atoms with Gasteiger partial charge >= 0.3 is 0 Å². The molecule has 0 atom stereocenters. The molecule has 0 aliphatic carbocycles. The third-order valence-electron chi connectivity index (χ3n) is 5.10. The van der Waals surface area contributed by atoms with Crippen molar-refractivity contribution in [1.82, 2.24) is 5.32 Å². The Balaban J connectivity index is 1.53. The zero-order chi connectivity index (χ0) is 25.7. The van der Waals surface area contributed by atoms with Gasteiger partial charge in [-0.1, -0.05) is 29.8 Å². The topological polar surface area (TPSA) is 89.0 Å². The fraction of sp³-hybridized carbons (Fsp3) is 0.115. The van der Waals surface area contributed by atoms with Crippen LogP contribution in [0.5, 0.6) is 11.5 Å². The Morgan fingerprint density at radius 1 is 1.17 bits per heavy atom. The van der Waals surface area contributed by atoms with Gasteiger partial charge in [-0.3, -0.25) is 9.59 Å². The maximum absolute atomic E-state index is 13.1. The molecule has 0 bridgehead atoms. The van der Waals surface area contributed by atoms with Gasteiger partial charge in [0.2, 0.25) is 0 Å². The van der Waals surface area contributed by atoms with Crippen molar-refractivity contribution in [2.75, 3.05) is 19.0 Å². The van der Waals surface area contributed by atoms with Crippen molar-refractivity contribution in [3.8, 4) is 11.5 Å². The minimum Gasteiger partial charge on any atom is -0.493 e. The number of amidine groups is 1. The lowest BCUT2D eigenvalue weighted by atomic mass is 10.1. The summed E-state index contributed by atoms with van der Waals surface area (Å²) in [6.07, 6.45) is 1.64. The van der Waals surface area contributed by atoms with Gasteiger partial charge in [-0.05, 0) is 72.8 Å². The molecule has 1 saturated heterocycles. The largest absolute Gasteiger partial charge is 0.493 e. The van der Waals surface area contributed by atoms with Crippen LogP contribution < -0.4 is 20.1 Å². The summed E-state index contributed by atoms with van der Waals surface area (Å²) < 4.78 is 24.2. The van der Waals surface area contributed by atoms with Crippen molar-refractivity contribution < 1.29 is 23.5 Å². The van der Waals surface area contributed by atoms with Gasteiger partial charge in [-0.2, -0.15) is 0 Å². The van der Waals surface area contributed by atoms with E-state index in [-0.39, 0.29) is 12.5 Å². The number of amides is 2. The number of nitrogens with zero attached hydrogens (tertiary/aromatic N) is 1. The first kappa shape index (κ1) is 25.3. The first-order chi connectivity index (χ1) is 17.3. The Bertz CT molecular complexity index is 1380. The van der Waals surface area contributed by atoms with Gasteiger partial charge in [0.15, 0.2) is 23.3 Å². The van der Waals surface area contributed by atoms with Crippen LogP contribution in [0.1, 0.15) is 11.1 Å². The number of para-hydroxylation sites is 1. The number of carbonyl (C=O) groups is 2. The maximum atomic E-state index is 13.1. The highest BCUT2D eigenvalue weighted by molar-refractivity contribution is 8.18. The fourth-order valence-corrected chi connectivity index (χ4v) is 4.27. The average molecular weight is 526 g/mol. The summed E-state index contributed by atoms with van der Waals surface area (Å²) in [6, 6.07) is 16.0. The predicted molar refractivity (Wildman–Crippen MR) is 141 cm³/mol. The van der Waals surface area contributed by atoms with Crippen LogP contribution >= 0.6 is 23.4 Å². The normalized spacial score (nSPS) is 15.2. The van der Waals surface area contributed by atoms with Gasteiger partial charge in [0.25, 0.3) is 11.8 Å². The van der Waals surface area contributed by atoms with Gasteiger partial charge < -0.3 is 20.1 Å². The zero-order valence-electron chi connectivity index (χ0n) is 19.3. The molecule has 0 unspecified atom stereocenters. The molecule has 184 valence electrons. The molecule has 1 aliphatic rings. The number of aliphatic imine (C=N–C) groups is 1. The van der Waals surface area contributed by atoms with Crippen molar-refractivity contribution in [3.05, 3.63) is 87.5 Å². The van der Waals surface area contributed by atoms with Crippen LogP contribution in [0.3, 0.4) is 0 Å². The number of halogens is 2. The summed E-state index contributed by atoms with van der Waals surface area (Å²) in [7, 11) is 1.48. The lowest BCUT2D eigenvalue weighted by Gasteiger charge is -2.13. The van der Waals surface area contributed by atoms with Gasteiger partial charge in [0.05, 0.1) is 17.7 Å². The quantitative estimate of drug-likeness (QED) is 0.386. The van der Waals surface area contributed by atoms with Crippen LogP contribution in [-0.4, -0.2) is 30.7 Å². The third kappa shape index (κ3) is 6.05. The number of benzene rings is 3. The number of thioether (sulfide) groups is 1. The Labute approximate surface area is 216 Å². The van der Waals surface area contributed by atoms with E-state index in [1.165, 1.54) is 43.1 Å². The Kier molecular flexibility index (Phi) is 7.92. The Morgan fingerprint density at radius 3 is 2.67 bits per heavy atom. The molecular weight excluding hydrogens is 505 g/mol. The number of hydrogen-bond donors (Lipinski definition) is 2. The van der Waals surface area contributed by atoms with E-state index in [1.54, 1.807) is 36.4 Å². The summed E-state index contributed by atoms with van der Waals surface area (Å²) in [6.45, 7) is 1.53. The molecule has 4 rings (SSSR count). The molecule has 7 nitrogen and oxygen atoms in total. The Hall–Kier alpha value is -3.82. The van der Waals surface area contributed by atoms with Gasteiger partial charge in [0, 0.05) is 16.3 Å². The molecule has 0 aromatic heterocycles. The van der Waals surface area contributed by atoms with E-state index in [4.69, 9.17) is 21.1 Å². The second-order valence-electron chi connectivity index (χ2n) is 7.59. The van der Waals surface area contributed by atoms with Crippen LogP contribution in [0.4, 0.5) is 15.8 Å². The molecule has 1 heterocycles. The molecule has 36 heavy (non-hydrogen) atoms. The van der Waals surface area contributed by atoms with Crippen LogP contribution in [-0.2, 0) is 9.59 Å². The minimum absolute atomic E-state index is 0.297. The summed E-state index contributed by atoms with van der Waals surface area (Å²) in [4.78, 5) is 29.9. The van der Waals surface area contributed by atoms with Gasteiger partial charge in [0.1, 0.15) is 5.82 Å². The highest BCUT2D eigenvalue weighted by Gasteiger charge is 2.25. The summed E-state index contributed by atoms with van der Waals surface area (Å²) in [5.41, 5.74) is 2.44. The van der Waals surface area contributed by atoms with Gasteiger partial charge in [-0.15, -0.1) is 0 Å². The number of ether oxygens (including phenoxy) is 2. The highest BCUT2D eigenvalue weighted by atomic mass is 35.5. The second kappa shape index (κ2) is 11.3. The number of hydrogen-bond acceptors (Lipinski definition) is 6. The summed E-state index contributed by atoms with van der Waals surface area (Å²) in [5, 5.41) is 6.39. The van der Waals surface area contributed by atoms with E-state index >= 15 is 0 Å². The number of nitrogens with one attached hydrogen (secondary N) is 2. The SMILES string of the molecule is COc1cccc(/C=C2/SC(=Nc3cccc(Cl)c3C)NC2=O)c1OCC(=O)Nc1ccc(F)cc1. The summed E-state index contributed by atoms with van der Waals surface area (Å²) in [5.74, 6) is -0.468. The Morgan fingerprint density at radius 2 is 1.92 bits per heavy atom. The van der Waals surface area contributed by atoms with E-state index in [0.717, 1.165) is 5.56 Å². The number of carbonyl (C=O) groups excluding carboxylic acids is 2. The average Bonchev–Trinajstić information content (AvgIpc) is 3.20. The van der Waals surface area contributed by atoms with Crippen LogP contribution in [0.2, 0.25) is 5.02 Å². The zero-order valence-corrected chi connectivity index (χ0v) is 20.9. The molecule has 2 N–H and O–H groups in total. The van der Waals surface area contributed by atoms with E-state index < -0.39 is 11.7 Å². The van der Waals surface area contributed by atoms with Crippen molar-refractivity contribution in [3.63, 3.8) is 0 Å². The minimum atomic E-state index is -0.439. The van der Waals surface area contributed by atoms with E-state index in [0.29, 0.717) is 43.5 Å². The molecular formula is C26H21ClFN3O4S. The van der Waals surface area contributed by atoms with Crippen molar-refractivity contribution in [2.24, 2.45) is 4.99 Å². The number of anilines is 1. The van der Waals surface area contributed by atoms with Gasteiger partial charge in [-0.25, -0.2) is 9.38 Å².